The maximum absolute atomic E-state index is 12.3. The van der Waals surface area contributed by atoms with E-state index in [0.717, 1.165) is 19.3 Å². The summed E-state index contributed by atoms with van der Waals surface area (Å²) in [7, 11) is 1.68. The zero-order valence-electron chi connectivity index (χ0n) is 12.2. The Balaban J connectivity index is 2.02. The van der Waals surface area contributed by atoms with Crippen LogP contribution in [0.1, 0.15) is 31.2 Å². The van der Waals surface area contributed by atoms with Crippen LogP contribution in [0.2, 0.25) is 0 Å². The van der Waals surface area contributed by atoms with Crippen LogP contribution in [0.4, 0.5) is 5.69 Å². The topological polar surface area (TPSA) is 89.5 Å². The Morgan fingerprint density at radius 2 is 2.10 bits per heavy atom. The van der Waals surface area contributed by atoms with Crippen LogP contribution in [0.3, 0.4) is 0 Å². The van der Waals surface area contributed by atoms with Gasteiger partial charge in [0.2, 0.25) is 5.91 Å². The summed E-state index contributed by atoms with van der Waals surface area (Å²) in [5, 5.41) is 11.0. The van der Waals surface area contributed by atoms with E-state index in [9.17, 15) is 14.9 Å². The molecule has 0 heterocycles. The minimum Gasteiger partial charge on any atom is -0.341 e. The average Bonchev–Trinajstić information content (AvgIpc) is 2.43. The van der Waals surface area contributed by atoms with Gasteiger partial charge in [-0.1, -0.05) is 24.6 Å². The molecule has 0 radical (unpaired) electrons. The summed E-state index contributed by atoms with van der Waals surface area (Å²) in [4.78, 5) is 24.4. The van der Waals surface area contributed by atoms with E-state index in [2.05, 4.69) is 0 Å². The summed E-state index contributed by atoms with van der Waals surface area (Å²) in [6.07, 6.45) is 3.54. The van der Waals surface area contributed by atoms with Gasteiger partial charge in [-0.2, -0.15) is 0 Å². The first-order valence-corrected chi connectivity index (χ1v) is 7.14. The van der Waals surface area contributed by atoms with E-state index in [4.69, 9.17) is 5.73 Å². The lowest BCUT2D eigenvalue weighted by Crippen LogP contribution is -2.42. The molecule has 0 aliphatic heterocycles. The molecule has 2 N–H and O–H groups in total. The van der Waals surface area contributed by atoms with Crippen molar-refractivity contribution in [1.82, 2.24) is 4.90 Å². The Kier molecular flexibility index (Phi) is 4.57. The highest BCUT2D eigenvalue weighted by atomic mass is 16.6. The lowest BCUT2D eigenvalue weighted by molar-refractivity contribution is -0.385. The van der Waals surface area contributed by atoms with Gasteiger partial charge in [-0.15, -0.1) is 0 Å². The van der Waals surface area contributed by atoms with Crippen LogP contribution in [0.5, 0.6) is 0 Å². The number of nitro groups is 1. The highest BCUT2D eigenvalue weighted by Gasteiger charge is 2.38. The number of para-hydroxylation sites is 1. The minimum atomic E-state index is -0.416. The van der Waals surface area contributed by atoms with Crippen LogP contribution >= 0.6 is 0 Å². The molecule has 1 aromatic rings. The molecule has 1 aliphatic rings. The number of rotatable bonds is 6. The van der Waals surface area contributed by atoms with E-state index in [1.165, 1.54) is 6.07 Å². The molecule has 0 spiro atoms. The van der Waals surface area contributed by atoms with E-state index in [-0.39, 0.29) is 23.6 Å². The molecule has 1 aromatic carbocycles. The van der Waals surface area contributed by atoms with Crippen molar-refractivity contribution in [3.63, 3.8) is 0 Å². The van der Waals surface area contributed by atoms with Gasteiger partial charge in [-0.25, -0.2) is 0 Å². The smallest absolute Gasteiger partial charge is 0.274 e. The summed E-state index contributed by atoms with van der Waals surface area (Å²) in [5.74, 6) is -0.00157. The number of carbonyl (C=O) groups is 1. The second-order valence-electron chi connectivity index (χ2n) is 5.87. The van der Waals surface area contributed by atoms with Gasteiger partial charge < -0.3 is 10.6 Å². The molecule has 1 fully saturated rings. The van der Waals surface area contributed by atoms with Gasteiger partial charge in [0, 0.05) is 25.1 Å². The predicted molar refractivity (Wildman–Crippen MR) is 79.5 cm³/mol. The zero-order valence-corrected chi connectivity index (χ0v) is 12.2. The molecule has 114 valence electrons. The molecule has 2 rings (SSSR count). The molecule has 0 saturated heterocycles. The largest absolute Gasteiger partial charge is 0.341 e. The van der Waals surface area contributed by atoms with E-state index in [1.807, 2.05) is 0 Å². The molecule has 0 unspecified atom stereocenters. The molecule has 6 nitrogen and oxygen atoms in total. The molecule has 6 heteroatoms. The summed E-state index contributed by atoms with van der Waals surface area (Å²) in [5.41, 5.74) is 6.33. The van der Waals surface area contributed by atoms with Crippen LogP contribution in [0, 0.1) is 15.5 Å². The molecule has 1 aliphatic carbocycles. The van der Waals surface area contributed by atoms with Gasteiger partial charge in [0.25, 0.3) is 5.69 Å². The SMILES string of the molecule is CN(Cc1ccccc1[N+](=O)[O-])C(=O)CC1(CN)CCC1. The highest BCUT2D eigenvalue weighted by Crippen LogP contribution is 2.43. The van der Waals surface area contributed by atoms with Crippen molar-refractivity contribution in [2.45, 2.75) is 32.2 Å². The first-order chi connectivity index (χ1) is 9.97. The van der Waals surface area contributed by atoms with Crippen LogP contribution in [0.25, 0.3) is 0 Å². The minimum absolute atomic E-state index is 0.00157. The standard InChI is InChI=1S/C15H21N3O3/c1-17(14(19)9-15(11-16)7-4-8-15)10-12-5-2-3-6-13(12)18(20)21/h2-3,5-6H,4,7-11,16H2,1H3. The Morgan fingerprint density at radius 1 is 1.43 bits per heavy atom. The van der Waals surface area contributed by atoms with E-state index < -0.39 is 4.92 Å². The van der Waals surface area contributed by atoms with E-state index >= 15 is 0 Å². The van der Waals surface area contributed by atoms with Crippen molar-refractivity contribution in [2.24, 2.45) is 11.1 Å². The summed E-state index contributed by atoms with van der Waals surface area (Å²) >= 11 is 0. The Labute approximate surface area is 124 Å². The molecule has 0 aromatic heterocycles. The van der Waals surface area contributed by atoms with Gasteiger partial charge in [0.1, 0.15) is 0 Å². The van der Waals surface area contributed by atoms with Crippen LogP contribution in [-0.4, -0.2) is 29.3 Å². The van der Waals surface area contributed by atoms with Crippen molar-refractivity contribution in [3.05, 3.63) is 39.9 Å². The summed E-state index contributed by atoms with van der Waals surface area (Å²) < 4.78 is 0. The number of benzene rings is 1. The maximum atomic E-state index is 12.3. The van der Waals surface area contributed by atoms with Crippen molar-refractivity contribution in [3.8, 4) is 0 Å². The molecule has 21 heavy (non-hydrogen) atoms. The van der Waals surface area contributed by atoms with Crippen LogP contribution in [0.15, 0.2) is 24.3 Å². The summed E-state index contributed by atoms with van der Waals surface area (Å²) in [6, 6.07) is 6.51. The predicted octanol–water partition coefficient (Wildman–Crippen LogP) is 2.07. The number of nitrogens with two attached hydrogens (primary N) is 1. The zero-order chi connectivity index (χ0) is 15.5. The fourth-order valence-electron chi connectivity index (χ4n) is 2.75. The van der Waals surface area contributed by atoms with Gasteiger partial charge in [-0.3, -0.25) is 14.9 Å². The lowest BCUT2D eigenvalue weighted by atomic mass is 9.66. The number of hydrogen-bond donors (Lipinski definition) is 1. The van der Waals surface area contributed by atoms with Gasteiger partial charge in [0.05, 0.1) is 11.5 Å². The fourth-order valence-corrected chi connectivity index (χ4v) is 2.75. The normalized spacial score (nSPS) is 16.1. The molecule has 0 bridgehead atoms. The number of nitro benzene ring substituents is 1. The van der Waals surface area contributed by atoms with Crippen molar-refractivity contribution < 1.29 is 9.72 Å². The Morgan fingerprint density at radius 3 is 2.62 bits per heavy atom. The second-order valence-corrected chi connectivity index (χ2v) is 5.87. The second kappa shape index (κ2) is 6.22. The molecule has 1 amide bonds. The Hall–Kier alpha value is -1.95. The van der Waals surface area contributed by atoms with Crippen molar-refractivity contribution in [2.75, 3.05) is 13.6 Å². The third-order valence-corrected chi connectivity index (χ3v) is 4.40. The van der Waals surface area contributed by atoms with Crippen LogP contribution in [-0.2, 0) is 11.3 Å². The van der Waals surface area contributed by atoms with Crippen molar-refractivity contribution >= 4 is 11.6 Å². The first-order valence-electron chi connectivity index (χ1n) is 7.14. The average molecular weight is 291 g/mol. The number of nitrogens with zero attached hydrogens (tertiary/aromatic N) is 2. The number of hydrogen-bond acceptors (Lipinski definition) is 4. The van der Waals surface area contributed by atoms with Gasteiger partial charge >= 0.3 is 0 Å². The first kappa shape index (κ1) is 15.4. The van der Waals surface area contributed by atoms with Gasteiger partial charge in [-0.05, 0) is 24.8 Å². The quantitative estimate of drug-likeness (QED) is 0.641. The van der Waals surface area contributed by atoms with E-state index in [0.29, 0.717) is 18.5 Å². The maximum Gasteiger partial charge on any atom is 0.274 e. The Bertz CT molecular complexity index is 535. The number of amides is 1. The summed E-state index contributed by atoms with van der Waals surface area (Å²) in [6.45, 7) is 0.773. The molecule has 0 atom stereocenters. The van der Waals surface area contributed by atoms with E-state index in [1.54, 1.807) is 30.1 Å². The molecular weight excluding hydrogens is 270 g/mol. The molecule has 1 saturated carbocycles. The molecular formula is C15H21N3O3. The number of carbonyl (C=O) groups excluding carboxylic acids is 1. The fraction of sp³-hybridized carbons (Fsp3) is 0.533. The van der Waals surface area contributed by atoms with Crippen molar-refractivity contribution in [1.29, 1.82) is 0 Å². The third kappa shape index (κ3) is 3.39. The monoisotopic (exact) mass is 291 g/mol. The lowest BCUT2D eigenvalue weighted by Gasteiger charge is -2.41. The third-order valence-electron chi connectivity index (χ3n) is 4.40. The van der Waals surface area contributed by atoms with Gasteiger partial charge in [0.15, 0.2) is 0 Å². The van der Waals surface area contributed by atoms with Crippen LogP contribution < -0.4 is 5.73 Å². The highest BCUT2D eigenvalue weighted by molar-refractivity contribution is 5.77.